The SMILES string of the molecule is CCN(C(=O)OC(C)(C)C)c1ncccc1[C@@H]1CCCCN1C=O. The highest BCUT2D eigenvalue weighted by Gasteiger charge is 2.30. The molecule has 0 unspecified atom stereocenters. The highest BCUT2D eigenvalue weighted by Crippen LogP contribution is 2.34. The Morgan fingerprint density at radius 1 is 1.46 bits per heavy atom. The van der Waals surface area contributed by atoms with Crippen molar-refractivity contribution in [1.82, 2.24) is 9.88 Å². The Balaban J connectivity index is 2.35. The van der Waals surface area contributed by atoms with Gasteiger partial charge >= 0.3 is 6.09 Å². The lowest BCUT2D eigenvalue weighted by atomic mass is 9.96. The van der Waals surface area contributed by atoms with Gasteiger partial charge in [0.05, 0.1) is 6.04 Å². The van der Waals surface area contributed by atoms with Crippen LogP contribution in [0.3, 0.4) is 0 Å². The third kappa shape index (κ3) is 4.24. The number of carbonyl (C=O) groups is 2. The Labute approximate surface area is 143 Å². The molecule has 1 aromatic rings. The molecule has 1 aliphatic heterocycles. The summed E-state index contributed by atoms with van der Waals surface area (Å²) in [5.41, 5.74) is 0.330. The van der Waals surface area contributed by atoms with Crippen molar-refractivity contribution in [3.63, 3.8) is 0 Å². The fourth-order valence-corrected chi connectivity index (χ4v) is 2.99. The summed E-state index contributed by atoms with van der Waals surface area (Å²) in [4.78, 5) is 31.7. The summed E-state index contributed by atoms with van der Waals surface area (Å²) >= 11 is 0. The molecule has 1 fully saturated rings. The summed E-state index contributed by atoms with van der Waals surface area (Å²) in [5.74, 6) is 0.577. The monoisotopic (exact) mass is 333 g/mol. The first-order valence-electron chi connectivity index (χ1n) is 8.54. The zero-order valence-electron chi connectivity index (χ0n) is 15.0. The minimum absolute atomic E-state index is 0.0450. The van der Waals surface area contributed by atoms with E-state index < -0.39 is 11.7 Å². The predicted molar refractivity (Wildman–Crippen MR) is 92.9 cm³/mol. The summed E-state index contributed by atoms with van der Waals surface area (Å²) in [7, 11) is 0. The first-order chi connectivity index (χ1) is 11.4. The van der Waals surface area contributed by atoms with E-state index in [0.717, 1.165) is 37.8 Å². The van der Waals surface area contributed by atoms with E-state index in [1.807, 2.05) is 39.8 Å². The van der Waals surface area contributed by atoms with Gasteiger partial charge in [0.2, 0.25) is 6.41 Å². The number of aromatic nitrogens is 1. The number of ether oxygens (including phenoxy) is 1. The fourth-order valence-electron chi connectivity index (χ4n) is 2.99. The Kier molecular flexibility index (Phi) is 5.80. The molecule has 1 aliphatic rings. The third-order valence-corrected chi connectivity index (χ3v) is 4.04. The highest BCUT2D eigenvalue weighted by molar-refractivity contribution is 5.87. The molecule has 2 rings (SSSR count). The van der Waals surface area contributed by atoms with Crippen LogP contribution in [-0.2, 0) is 9.53 Å². The van der Waals surface area contributed by atoms with Gasteiger partial charge in [-0.1, -0.05) is 6.07 Å². The number of carbonyl (C=O) groups excluding carboxylic acids is 2. The van der Waals surface area contributed by atoms with Gasteiger partial charge in [-0.3, -0.25) is 9.69 Å². The molecule has 0 bridgehead atoms. The normalized spacial score (nSPS) is 18.2. The quantitative estimate of drug-likeness (QED) is 0.791. The topological polar surface area (TPSA) is 62.7 Å². The second-order valence-corrected chi connectivity index (χ2v) is 7.00. The van der Waals surface area contributed by atoms with Crippen LogP contribution >= 0.6 is 0 Å². The second-order valence-electron chi connectivity index (χ2n) is 7.00. The van der Waals surface area contributed by atoms with Gasteiger partial charge in [0.25, 0.3) is 0 Å². The lowest BCUT2D eigenvalue weighted by molar-refractivity contribution is -0.121. The van der Waals surface area contributed by atoms with Crippen LogP contribution in [0.25, 0.3) is 0 Å². The minimum Gasteiger partial charge on any atom is -0.443 e. The number of pyridine rings is 1. The number of amides is 2. The average Bonchev–Trinajstić information content (AvgIpc) is 2.54. The van der Waals surface area contributed by atoms with Crippen molar-refractivity contribution in [2.24, 2.45) is 0 Å². The van der Waals surface area contributed by atoms with Crippen molar-refractivity contribution in [1.29, 1.82) is 0 Å². The van der Waals surface area contributed by atoms with Gasteiger partial charge < -0.3 is 9.64 Å². The van der Waals surface area contributed by atoms with Crippen LogP contribution in [0.1, 0.15) is 58.6 Å². The Hall–Kier alpha value is -2.11. The molecule has 0 spiro atoms. The van der Waals surface area contributed by atoms with Gasteiger partial charge in [0, 0.05) is 24.8 Å². The van der Waals surface area contributed by atoms with Crippen molar-refractivity contribution in [3.05, 3.63) is 23.9 Å². The molecule has 1 atom stereocenters. The molecule has 1 aromatic heterocycles. The molecule has 0 saturated carbocycles. The zero-order chi connectivity index (χ0) is 17.7. The van der Waals surface area contributed by atoms with Gasteiger partial charge in [-0.15, -0.1) is 0 Å². The maximum Gasteiger partial charge on any atom is 0.415 e. The number of likely N-dealkylation sites (tertiary alicyclic amines) is 1. The first kappa shape index (κ1) is 18.2. The smallest absolute Gasteiger partial charge is 0.415 e. The molecule has 6 nitrogen and oxygen atoms in total. The van der Waals surface area contributed by atoms with E-state index in [9.17, 15) is 9.59 Å². The predicted octanol–water partition coefficient (Wildman–Crippen LogP) is 3.53. The van der Waals surface area contributed by atoms with Crippen LogP contribution < -0.4 is 4.90 Å². The van der Waals surface area contributed by atoms with Crippen molar-refractivity contribution >= 4 is 18.3 Å². The van der Waals surface area contributed by atoms with E-state index in [4.69, 9.17) is 4.74 Å². The Bertz CT molecular complexity index is 583. The van der Waals surface area contributed by atoms with Crippen LogP contribution in [0, 0.1) is 0 Å². The lowest BCUT2D eigenvalue weighted by Gasteiger charge is -2.35. The first-order valence-corrected chi connectivity index (χ1v) is 8.54. The largest absolute Gasteiger partial charge is 0.443 e. The summed E-state index contributed by atoms with van der Waals surface area (Å²) in [6.07, 6.45) is 5.09. The van der Waals surface area contributed by atoms with Crippen molar-refractivity contribution < 1.29 is 14.3 Å². The van der Waals surface area contributed by atoms with Crippen molar-refractivity contribution in [2.45, 2.75) is 58.6 Å². The van der Waals surface area contributed by atoms with Gasteiger partial charge in [0.15, 0.2) is 0 Å². The maximum absolute atomic E-state index is 12.6. The Morgan fingerprint density at radius 3 is 2.83 bits per heavy atom. The summed E-state index contributed by atoms with van der Waals surface area (Å²) in [6.45, 7) is 8.60. The van der Waals surface area contributed by atoms with E-state index in [-0.39, 0.29) is 6.04 Å². The lowest BCUT2D eigenvalue weighted by Crippen LogP contribution is -2.39. The third-order valence-electron chi connectivity index (χ3n) is 4.04. The molecule has 0 radical (unpaired) electrons. The van der Waals surface area contributed by atoms with Crippen LogP contribution in [0.5, 0.6) is 0 Å². The average molecular weight is 333 g/mol. The molecule has 0 N–H and O–H groups in total. The maximum atomic E-state index is 12.6. The van der Waals surface area contributed by atoms with Gasteiger partial charge in [0.1, 0.15) is 11.4 Å². The van der Waals surface area contributed by atoms with E-state index >= 15 is 0 Å². The van der Waals surface area contributed by atoms with Crippen LogP contribution in [0.2, 0.25) is 0 Å². The van der Waals surface area contributed by atoms with Gasteiger partial charge in [-0.25, -0.2) is 9.78 Å². The minimum atomic E-state index is -0.570. The molecular formula is C18H27N3O3. The number of anilines is 1. The summed E-state index contributed by atoms with van der Waals surface area (Å²) < 4.78 is 5.50. The van der Waals surface area contributed by atoms with E-state index in [1.54, 1.807) is 11.1 Å². The fraction of sp³-hybridized carbons (Fsp3) is 0.611. The van der Waals surface area contributed by atoms with Gasteiger partial charge in [-0.2, -0.15) is 0 Å². The number of piperidine rings is 1. The molecule has 6 heteroatoms. The molecule has 1 saturated heterocycles. The molecule has 0 aromatic carbocycles. The van der Waals surface area contributed by atoms with Crippen molar-refractivity contribution in [2.75, 3.05) is 18.0 Å². The van der Waals surface area contributed by atoms with E-state index in [1.165, 1.54) is 4.90 Å². The molecule has 2 heterocycles. The Morgan fingerprint density at radius 2 is 2.21 bits per heavy atom. The standard InChI is InChI=1S/C18H27N3O3/c1-5-21(17(23)24-18(2,3)4)16-14(9-8-11-19-16)15-10-6-7-12-20(15)13-22/h8-9,11,13,15H,5-7,10,12H2,1-4H3/t15-/m0/s1. The van der Waals surface area contributed by atoms with Gasteiger partial charge in [-0.05, 0) is 53.0 Å². The molecule has 0 aliphatic carbocycles. The number of hydrogen-bond acceptors (Lipinski definition) is 4. The van der Waals surface area contributed by atoms with Crippen molar-refractivity contribution in [3.8, 4) is 0 Å². The summed E-state index contributed by atoms with van der Waals surface area (Å²) in [5, 5.41) is 0. The van der Waals surface area contributed by atoms with Crippen LogP contribution in [-0.4, -0.2) is 41.1 Å². The van der Waals surface area contributed by atoms with Crippen LogP contribution in [0.15, 0.2) is 18.3 Å². The molecule has 2 amide bonds. The zero-order valence-corrected chi connectivity index (χ0v) is 15.0. The molecule has 24 heavy (non-hydrogen) atoms. The van der Waals surface area contributed by atoms with Crippen LogP contribution in [0.4, 0.5) is 10.6 Å². The van der Waals surface area contributed by atoms with E-state index in [2.05, 4.69) is 4.98 Å². The second kappa shape index (κ2) is 7.64. The molecular weight excluding hydrogens is 306 g/mol. The van der Waals surface area contributed by atoms with E-state index in [0.29, 0.717) is 12.4 Å². The summed E-state index contributed by atoms with van der Waals surface area (Å²) in [6, 6.07) is 3.75. The highest BCUT2D eigenvalue weighted by atomic mass is 16.6. The molecule has 132 valence electrons. The number of rotatable bonds is 4. The number of nitrogens with zero attached hydrogens (tertiary/aromatic N) is 3. The number of hydrogen-bond donors (Lipinski definition) is 0.